The number of carboxylic acids is 2. The summed E-state index contributed by atoms with van der Waals surface area (Å²) >= 11 is 0. The third-order valence-corrected chi connectivity index (χ3v) is 5.34. The first-order valence-corrected chi connectivity index (χ1v) is 10.2. The Labute approximate surface area is 152 Å². The van der Waals surface area contributed by atoms with Crippen LogP contribution in [0.15, 0.2) is 11.6 Å². The third kappa shape index (κ3) is 9.66. The predicted molar refractivity (Wildman–Crippen MR) is 101 cm³/mol. The smallest absolute Gasteiger partial charge is 0.307 e. The molecular formula is C21H36O4. The lowest BCUT2D eigenvalue weighted by atomic mass is 9.77. The summed E-state index contributed by atoms with van der Waals surface area (Å²) in [5.41, 5.74) is 1.45. The van der Waals surface area contributed by atoms with Gasteiger partial charge in [0.05, 0.1) is 5.92 Å². The second-order valence-corrected chi connectivity index (χ2v) is 7.48. The van der Waals surface area contributed by atoms with Crippen LogP contribution in [0.1, 0.15) is 96.8 Å². The number of allylic oxidation sites excluding steroid dienone is 2. The topological polar surface area (TPSA) is 74.6 Å². The number of rotatable bonds is 14. The molecule has 2 N–H and O–H groups in total. The molecule has 0 amide bonds. The van der Waals surface area contributed by atoms with Gasteiger partial charge in [0.2, 0.25) is 0 Å². The molecule has 0 aromatic carbocycles. The van der Waals surface area contributed by atoms with Crippen molar-refractivity contribution in [1.82, 2.24) is 0 Å². The first-order valence-electron chi connectivity index (χ1n) is 10.2. The van der Waals surface area contributed by atoms with Crippen molar-refractivity contribution in [2.75, 3.05) is 0 Å². The van der Waals surface area contributed by atoms with Crippen LogP contribution in [0.25, 0.3) is 0 Å². The van der Waals surface area contributed by atoms with E-state index in [4.69, 9.17) is 5.11 Å². The number of hydrogen-bond acceptors (Lipinski definition) is 2. The lowest BCUT2D eigenvalue weighted by molar-refractivity contribution is -0.143. The van der Waals surface area contributed by atoms with E-state index in [1.165, 1.54) is 24.8 Å². The minimum Gasteiger partial charge on any atom is -0.481 e. The average molecular weight is 353 g/mol. The Bertz CT molecular complexity index is 428. The fourth-order valence-corrected chi connectivity index (χ4v) is 3.82. The molecule has 144 valence electrons. The number of carbonyl (C=O) groups is 2. The Morgan fingerprint density at radius 3 is 2.36 bits per heavy atom. The van der Waals surface area contributed by atoms with E-state index in [0.717, 1.165) is 64.2 Å². The molecule has 0 aromatic rings. The SMILES string of the molecule is CCCCCCC1C=C(CCCCCCCC(=O)O)CCC1C(=O)O. The van der Waals surface area contributed by atoms with Gasteiger partial charge in [-0.1, -0.05) is 63.5 Å². The molecule has 0 bridgehead atoms. The van der Waals surface area contributed by atoms with Crippen molar-refractivity contribution in [3.8, 4) is 0 Å². The Morgan fingerprint density at radius 1 is 1.00 bits per heavy atom. The molecule has 0 spiro atoms. The largest absolute Gasteiger partial charge is 0.481 e. The van der Waals surface area contributed by atoms with Crippen molar-refractivity contribution in [3.63, 3.8) is 0 Å². The predicted octanol–water partition coefficient (Wildman–Crippen LogP) is 5.81. The van der Waals surface area contributed by atoms with Crippen molar-refractivity contribution in [3.05, 3.63) is 11.6 Å². The van der Waals surface area contributed by atoms with Gasteiger partial charge >= 0.3 is 11.9 Å². The standard InChI is InChI=1S/C21H36O4/c1-2-3-4-9-12-18-16-17(14-15-19(18)21(24)25)11-8-6-5-7-10-13-20(22)23/h16,18-19H,2-15H2,1H3,(H,22,23)(H,24,25). The van der Waals surface area contributed by atoms with E-state index in [1.54, 1.807) is 0 Å². The van der Waals surface area contributed by atoms with E-state index < -0.39 is 11.9 Å². The molecule has 2 unspecified atom stereocenters. The molecule has 0 saturated carbocycles. The highest BCUT2D eigenvalue weighted by Gasteiger charge is 2.29. The van der Waals surface area contributed by atoms with Gasteiger partial charge in [0.15, 0.2) is 0 Å². The summed E-state index contributed by atoms with van der Waals surface area (Å²) in [6, 6.07) is 0. The van der Waals surface area contributed by atoms with E-state index >= 15 is 0 Å². The zero-order valence-corrected chi connectivity index (χ0v) is 15.8. The Hall–Kier alpha value is -1.32. The Kier molecular flexibility index (Phi) is 11.3. The van der Waals surface area contributed by atoms with Gasteiger partial charge in [-0.05, 0) is 44.4 Å². The zero-order chi connectivity index (χ0) is 18.5. The molecule has 0 radical (unpaired) electrons. The fraction of sp³-hybridized carbons (Fsp3) is 0.810. The summed E-state index contributed by atoms with van der Waals surface area (Å²) < 4.78 is 0. The number of carboxylic acid groups (broad SMARTS) is 2. The van der Waals surface area contributed by atoms with Gasteiger partial charge in [0.25, 0.3) is 0 Å². The second kappa shape index (κ2) is 13.0. The maximum absolute atomic E-state index is 11.5. The quantitative estimate of drug-likeness (QED) is 0.305. The Balaban J connectivity index is 2.31. The van der Waals surface area contributed by atoms with Gasteiger partial charge in [-0.2, -0.15) is 0 Å². The van der Waals surface area contributed by atoms with E-state index in [0.29, 0.717) is 0 Å². The van der Waals surface area contributed by atoms with Gasteiger partial charge in [-0.15, -0.1) is 0 Å². The van der Waals surface area contributed by atoms with Crippen molar-refractivity contribution in [2.24, 2.45) is 11.8 Å². The summed E-state index contributed by atoms with van der Waals surface area (Å²) in [4.78, 5) is 22.0. The summed E-state index contributed by atoms with van der Waals surface area (Å²) in [5.74, 6) is -1.31. The van der Waals surface area contributed by atoms with E-state index in [-0.39, 0.29) is 18.3 Å². The number of aliphatic carboxylic acids is 2. The molecular weight excluding hydrogens is 316 g/mol. The average Bonchev–Trinajstić information content (AvgIpc) is 2.57. The number of unbranched alkanes of at least 4 members (excludes halogenated alkanes) is 7. The molecule has 1 aliphatic carbocycles. The molecule has 0 saturated heterocycles. The normalized spacial score (nSPS) is 20.3. The van der Waals surface area contributed by atoms with Crippen LogP contribution in [0.2, 0.25) is 0 Å². The van der Waals surface area contributed by atoms with Gasteiger partial charge in [0, 0.05) is 6.42 Å². The Morgan fingerprint density at radius 2 is 1.68 bits per heavy atom. The van der Waals surface area contributed by atoms with E-state index in [1.807, 2.05) is 0 Å². The first-order chi connectivity index (χ1) is 12.0. The van der Waals surface area contributed by atoms with Crippen LogP contribution in [0.4, 0.5) is 0 Å². The van der Waals surface area contributed by atoms with Crippen LogP contribution < -0.4 is 0 Å². The lowest BCUT2D eigenvalue weighted by Crippen LogP contribution is -2.25. The van der Waals surface area contributed by atoms with Gasteiger partial charge < -0.3 is 10.2 Å². The number of hydrogen-bond donors (Lipinski definition) is 2. The van der Waals surface area contributed by atoms with Gasteiger partial charge in [-0.25, -0.2) is 0 Å². The van der Waals surface area contributed by atoms with Crippen LogP contribution >= 0.6 is 0 Å². The zero-order valence-electron chi connectivity index (χ0n) is 15.8. The molecule has 4 heteroatoms. The highest BCUT2D eigenvalue weighted by molar-refractivity contribution is 5.71. The van der Waals surface area contributed by atoms with E-state index in [9.17, 15) is 14.7 Å². The summed E-state index contributed by atoms with van der Waals surface area (Å²) in [6.07, 6.45) is 16.3. The summed E-state index contributed by atoms with van der Waals surface area (Å²) in [5, 5.41) is 18.1. The molecule has 0 aromatic heterocycles. The van der Waals surface area contributed by atoms with Crippen LogP contribution in [-0.4, -0.2) is 22.2 Å². The van der Waals surface area contributed by atoms with Crippen LogP contribution in [0, 0.1) is 11.8 Å². The summed E-state index contributed by atoms with van der Waals surface area (Å²) in [6.45, 7) is 2.19. The molecule has 1 rings (SSSR count). The molecule has 2 atom stereocenters. The minimum absolute atomic E-state index is 0.193. The highest BCUT2D eigenvalue weighted by atomic mass is 16.4. The maximum atomic E-state index is 11.5. The lowest BCUT2D eigenvalue weighted by Gasteiger charge is -2.27. The van der Waals surface area contributed by atoms with Crippen molar-refractivity contribution >= 4 is 11.9 Å². The first kappa shape index (κ1) is 21.7. The van der Waals surface area contributed by atoms with Crippen LogP contribution in [0.3, 0.4) is 0 Å². The maximum Gasteiger partial charge on any atom is 0.307 e. The molecule has 0 heterocycles. The molecule has 0 fully saturated rings. The van der Waals surface area contributed by atoms with Crippen LogP contribution in [-0.2, 0) is 9.59 Å². The fourth-order valence-electron chi connectivity index (χ4n) is 3.82. The van der Waals surface area contributed by atoms with Crippen LogP contribution in [0.5, 0.6) is 0 Å². The minimum atomic E-state index is -0.703. The molecule has 4 nitrogen and oxygen atoms in total. The third-order valence-electron chi connectivity index (χ3n) is 5.34. The summed E-state index contributed by atoms with van der Waals surface area (Å²) in [7, 11) is 0. The van der Waals surface area contributed by atoms with Crippen molar-refractivity contribution in [2.45, 2.75) is 96.8 Å². The molecule has 0 aliphatic heterocycles. The highest BCUT2D eigenvalue weighted by Crippen LogP contribution is 2.34. The van der Waals surface area contributed by atoms with Gasteiger partial charge in [0.1, 0.15) is 0 Å². The monoisotopic (exact) mass is 352 g/mol. The second-order valence-electron chi connectivity index (χ2n) is 7.48. The van der Waals surface area contributed by atoms with Crippen molar-refractivity contribution < 1.29 is 19.8 Å². The molecule has 1 aliphatic rings. The van der Waals surface area contributed by atoms with Crippen molar-refractivity contribution in [1.29, 1.82) is 0 Å². The molecule has 25 heavy (non-hydrogen) atoms. The van der Waals surface area contributed by atoms with Gasteiger partial charge in [-0.3, -0.25) is 9.59 Å². The van der Waals surface area contributed by atoms with E-state index in [2.05, 4.69) is 13.0 Å².